The monoisotopic (exact) mass is 377 g/mol. The predicted molar refractivity (Wildman–Crippen MR) is 108 cm³/mol. The Morgan fingerprint density at radius 2 is 2.18 bits per heavy atom. The summed E-state index contributed by atoms with van der Waals surface area (Å²) in [6.45, 7) is 2.26. The first-order chi connectivity index (χ1) is 13.8. The van der Waals surface area contributed by atoms with Gasteiger partial charge in [0.1, 0.15) is 18.0 Å². The molecule has 0 spiro atoms. The van der Waals surface area contributed by atoms with Gasteiger partial charge in [0.25, 0.3) is 5.91 Å². The molecular formula is C22H23N3O3. The predicted octanol–water partition coefficient (Wildman–Crippen LogP) is 3.52. The van der Waals surface area contributed by atoms with Crippen molar-refractivity contribution in [1.82, 2.24) is 14.9 Å². The number of fused-ring (bicyclic) bond motifs is 1. The van der Waals surface area contributed by atoms with Crippen molar-refractivity contribution >= 4 is 22.5 Å². The van der Waals surface area contributed by atoms with Crippen molar-refractivity contribution in [3.8, 4) is 5.75 Å². The maximum Gasteiger partial charge on any atom is 0.254 e. The second-order valence-corrected chi connectivity index (χ2v) is 6.70. The zero-order chi connectivity index (χ0) is 19.3. The minimum Gasteiger partial charge on any atom is -0.491 e. The van der Waals surface area contributed by atoms with E-state index in [2.05, 4.69) is 22.1 Å². The van der Waals surface area contributed by atoms with Crippen molar-refractivity contribution < 1.29 is 14.3 Å². The molecular weight excluding hydrogens is 354 g/mol. The average molecular weight is 377 g/mol. The van der Waals surface area contributed by atoms with Crippen molar-refractivity contribution in [3.63, 3.8) is 0 Å². The van der Waals surface area contributed by atoms with Gasteiger partial charge in [-0.15, -0.1) is 0 Å². The Hall–Kier alpha value is -3.12. The number of carbonyl (C=O) groups is 1. The number of hydrogen-bond donors (Lipinski definition) is 1. The number of methoxy groups -OCH3 is 1. The van der Waals surface area contributed by atoms with E-state index < -0.39 is 0 Å². The van der Waals surface area contributed by atoms with Crippen LogP contribution in [0.2, 0.25) is 0 Å². The summed E-state index contributed by atoms with van der Waals surface area (Å²) in [5, 5.41) is 1.12. The molecule has 0 aliphatic carbocycles. The molecule has 3 aromatic rings. The second kappa shape index (κ2) is 8.27. The fraction of sp³-hybridized carbons (Fsp3) is 0.273. The van der Waals surface area contributed by atoms with E-state index in [0.717, 1.165) is 17.5 Å². The number of carbonyl (C=O) groups excluding carboxylic acids is 1. The number of amides is 1. The zero-order valence-electron chi connectivity index (χ0n) is 15.9. The third-order valence-electron chi connectivity index (χ3n) is 4.93. The Labute approximate surface area is 163 Å². The Morgan fingerprint density at radius 1 is 1.25 bits per heavy atom. The van der Waals surface area contributed by atoms with Crippen LogP contribution in [0.4, 0.5) is 0 Å². The molecule has 1 amide bonds. The topological polar surface area (TPSA) is 67.5 Å². The number of aromatic amines is 1. The molecule has 2 aromatic heterocycles. The lowest BCUT2D eigenvalue weighted by Gasteiger charge is -2.26. The van der Waals surface area contributed by atoms with E-state index in [-0.39, 0.29) is 5.91 Å². The maximum atomic E-state index is 12.9. The summed E-state index contributed by atoms with van der Waals surface area (Å²) < 4.78 is 10.6. The molecule has 144 valence electrons. The van der Waals surface area contributed by atoms with E-state index >= 15 is 0 Å². The third kappa shape index (κ3) is 3.77. The molecule has 0 unspecified atom stereocenters. The number of benzene rings is 1. The highest BCUT2D eigenvalue weighted by atomic mass is 16.5. The van der Waals surface area contributed by atoms with E-state index in [1.807, 2.05) is 35.4 Å². The molecule has 4 rings (SSSR count). The van der Waals surface area contributed by atoms with Crippen LogP contribution in [0.25, 0.3) is 16.6 Å². The lowest BCUT2D eigenvalue weighted by atomic mass is 9.99. The summed E-state index contributed by atoms with van der Waals surface area (Å²) in [6.07, 6.45) is 6.74. The first kappa shape index (κ1) is 18.3. The fourth-order valence-corrected chi connectivity index (χ4v) is 3.46. The summed E-state index contributed by atoms with van der Waals surface area (Å²) in [4.78, 5) is 22.3. The molecule has 6 heteroatoms. The van der Waals surface area contributed by atoms with Gasteiger partial charge in [-0.3, -0.25) is 4.79 Å². The molecule has 1 aliphatic rings. The number of H-pyrrole nitrogens is 1. The maximum absolute atomic E-state index is 12.9. The number of hydrogen-bond acceptors (Lipinski definition) is 4. The van der Waals surface area contributed by atoms with Crippen LogP contribution in [0.1, 0.15) is 22.3 Å². The lowest BCUT2D eigenvalue weighted by molar-refractivity contribution is 0.0772. The van der Waals surface area contributed by atoms with Gasteiger partial charge < -0.3 is 19.4 Å². The highest BCUT2D eigenvalue weighted by Crippen LogP contribution is 2.29. The average Bonchev–Trinajstić information content (AvgIpc) is 3.18. The van der Waals surface area contributed by atoms with E-state index in [1.54, 1.807) is 19.4 Å². The first-order valence-corrected chi connectivity index (χ1v) is 9.39. The molecule has 0 atom stereocenters. The van der Waals surface area contributed by atoms with Crippen LogP contribution in [-0.2, 0) is 4.74 Å². The summed E-state index contributed by atoms with van der Waals surface area (Å²) in [5.74, 6) is 0.704. The number of ether oxygens (including phenoxy) is 2. The molecule has 1 N–H and O–H groups in total. The molecule has 0 fully saturated rings. The summed E-state index contributed by atoms with van der Waals surface area (Å²) >= 11 is 0. The highest BCUT2D eigenvalue weighted by Gasteiger charge is 2.21. The van der Waals surface area contributed by atoms with Crippen molar-refractivity contribution in [3.05, 3.63) is 66.0 Å². The molecule has 0 radical (unpaired) electrons. The Bertz CT molecular complexity index is 1010. The van der Waals surface area contributed by atoms with Gasteiger partial charge in [0.15, 0.2) is 0 Å². The molecule has 1 aliphatic heterocycles. The van der Waals surface area contributed by atoms with Gasteiger partial charge in [0.2, 0.25) is 0 Å². The number of nitrogens with one attached hydrogen (secondary N) is 1. The Kier molecular flexibility index (Phi) is 5.39. The van der Waals surface area contributed by atoms with Gasteiger partial charge in [-0.05, 0) is 42.3 Å². The molecule has 1 aromatic carbocycles. The molecule has 6 nitrogen and oxygen atoms in total. The number of aromatic nitrogens is 2. The third-order valence-corrected chi connectivity index (χ3v) is 4.93. The second-order valence-electron chi connectivity index (χ2n) is 6.70. The normalized spacial score (nSPS) is 14.2. The molecule has 0 bridgehead atoms. The molecule has 3 heterocycles. The van der Waals surface area contributed by atoms with Crippen LogP contribution >= 0.6 is 0 Å². The van der Waals surface area contributed by atoms with Crippen molar-refractivity contribution in [2.75, 3.05) is 33.4 Å². The van der Waals surface area contributed by atoms with E-state index in [4.69, 9.17) is 9.47 Å². The van der Waals surface area contributed by atoms with Gasteiger partial charge in [0, 0.05) is 49.1 Å². The largest absolute Gasteiger partial charge is 0.491 e. The molecule has 0 saturated heterocycles. The highest BCUT2D eigenvalue weighted by molar-refractivity contribution is 5.96. The van der Waals surface area contributed by atoms with Crippen LogP contribution in [0.5, 0.6) is 5.75 Å². The smallest absolute Gasteiger partial charge is 0.254 e. The zero-order valence-corrected chi connectivity index (χ0v) is 15.9. The van der Waals surface area contributed by atoms with Crippen LogP contribution in [0, 0.1) is 0 Å². The Morgan fingerprint density at radius 3 is 3.00 bits per heavy atom. The number of rotatable bonds is 6. The van der Waals surface area contributed by atoms with Gasteiger partial charge in [0.05, 0.1) is 6.61 Å². The van der Waals surface area contributed by atoms with Gasteiger partial charge >= 0.3 is 0 Å². The minimum atomic E-state index is 0.0214. The first-order valence-electron chi connectivity index (χ1n) is 9.39. The van der Waals surface area contributed by atoms with Crippen molar-refractivity contribution in [1.29, 1.82) is 0 Å². The summed E-state index contributed by atoms with van der Waals surface area (Å²) in [7, 11) is 1.63. The fourth-order valence-electron chi connectivity index (χ4n) is 3.46. The summed E-state index contributed by atoms with van der Waals surface area (Å²) in [5.41, 5.74) is 3.95. The molecule has 28 heavy (non-hydrogen) atoms. The van der Waals surface area contributed by atoms with Gasteiger partial charge in [-0.2, -0.15) is 0 Å². The van der Waals surface area contributed by atoms with Gasteiger partial charge in [-0.1, -0.05) is 12.1 Å². The summed E-state index contributed by atoms with van der Waals surface area (Å²) in [6, 6.07) is 11.3. The minimum absolute atomic E-state index is 0.0214. The molecule has 0 saturated carbocycles. The van der Waals surface area contributed by atoms with Crippen molar-refractivity contribution in [2.45, 2.75) is 6.42 Å². The van der Waals surface area contributed by atoms with E-state index in [0.29, 0.717) is 37.6 Å². The van der Waals surface area contributed by atoms with Gasteiger partial charge in [-0.25, -0.2) is 4.98 Å². The van der Waals surface area contributed by atoms with Crippen LogP contribution in [0.3, 0.4) is 0 Å². The van der Waals surface area contributed by atoms with Crippen molar-refractivity contribution in [2.24, 2.45) is 0 Å². The van der Waals surface area contributed by atoms with Crippen LogP contribution < -0.4 is 4.74 Å². The number of nitrogens with zero attached hydrogens (tertiary/aromatic N) is 2. The lowest BCUT2D eigenvalue weighted by Crippen LogP contribution is -2.34. The Balaban J connectivity index is 1.46. The van der Waals surface area contributed by atoms with Crippen LogP contribution in [0.15, 0.2) is 54.9 Å². The van der Waals surface area contributed by atoms with E-state index in [9.17, 15) is 4.79 Å². The number of pyridine rings is 1. The quantitative estimate of drug-likeness (QED) is 0.668. The van der Waals surface area contributed by atoms with E-state index in [1.165, 1.54) is 11.1 Å². The standard InChI is InChI=1S/C22H23N3O3/c1-27-12-13-28-18-5-2-4-17(14-18)22(26)25-10-7-16(8-11-25)20-15-24-21-19(20)6-3-9-23-21/h2-7,9,14-15H,8,10-13H2,1H3,(H,23,24). The van der Waals surface area contributed by atoms with Crippen LogP contribution in [-0.4, -0.2) is 54.2 Å². The SMILES string of the molecule is COCCOc1cccc(C(=O)N2CC=C(c3c[nH]c4ncccc34)CC2)c1.